The first-order valence-electron chi connectivity index (χ1n) is 5.29. The van der Waals surface area contributed by atoms with Gasteiger partial charge >= 0.3 is 0 Å². The van der Waals surface area contributed by atoms with E-state index in [1.165, 1.54) is 19.3 Å². The first-order chi connectivity index (χ1) is 7.43. The molecule has 0 radical (unpaired) electrons. The van der Waals surface area contributed by atoms with Crippen LogP contribution in [0.5, 0.6) is 5.75 Å². The topological polar surface area (TPSA) is 35.0 Å². The van der Waals surface area contributed by atoms with Crippen LogP contribution in [0.1, 0.15) is 19.3 Å². The Hall–Kier alpha value is -1.64. The van der Waals surface area contributed by atoms with Crippen molar-refractivity contribution in [2.75, 3.05) is 0 Å². The Bertz CT molecular complexity index is 475. The third kappa shape index (κ3) is 1.54. The predicted octanol–water partition coefficient (Wildman–Crippen LogP) is 2.56. The van der Waals surface area contributed by atoms with Crippen LogP contribution in [0.4, 0.5) is 0 Å². The molecule has 0 bridgehead atoms. The van der Waals surface area contributed by atoms with Crippen LogP contribution in [0.25, 0.3) is 10.9 Å². The Morgan fingerprint density at radius 3 is 3.00 bits per heavy atom. The summed E-state index contributed by atoms with van der Waals surface area (Å²) in [5, 5.41) is 1.04. The molecule has 0 unspecified atom stereocenters. The summed E-state index contributed by atoms with van der Waals surface area (Å²) in [5.41, 5.74) is 0.916. The first kappa shape index (κ1) is 8.65. The molecular weight excluding hydrogens is 188 g/mol. The lowest BCUT2D eigenvalue weighted by atomic mass is 9.96. The molecule has 0 N–H and O–H groups in total. The highest BCUT2D eigenvalue weighted by atomic mass is 16.5. The number of aromatic nitrogens is 2. The molecule has 0 amide bonds. The highest BCUT2D eigenvalue weighted by molar-refractivity contribution is 5.83. The minimum Gasteiger partial charge on any atom is -0.488 e. The van der Waals surface area contributed by atoms with Crippen molar-refractivity contribution >= 4 is 10.9 Å². The normalized spacial score (nSPS) is 16.3. The van der Waals surface area contributed by atoms with E-state index in [2.05, 4.69) is 9.97 Å². The molecule has 1 aliphatic carbocycles. The van der Waals surface area contributed by atoms with Gasteiger partial charge in [-0.05, 0) is 25.3 Å². The molecule has 0 saturated heterocycles. The standard InChI is InChI=1S/C12H12N2O/c1-3-9-7-13-8-14-12(9)11(6-1)15-10-4-2-5-10/h1,3,6-8,10H,2,4-5H2. The number of para-hydroxylation sites is 1. The summed E-state index contributed by atoms with van der Waals surface area (Å²) < 4.78 is 5.87. The van der Waals surface area contributed by atoms with Crippen LogP contribution >= 0.6 is 0 Å². The number of rotatable bonds is 2. The summed E-state index contributed by atoms with van der Waals surface area (Å²) in [6.45, 7) is 0. The molecule has 1 aromatic heterocycles. The maximum atomic E-state index is 5.87. The molecule has 76 valence electrons. The Kier molecular flexibility index (Phi) is 2.02. The summed E-state index contributed by atoms with van der Waals surface area (Å²) in [4.78, 5) is 8.26. The Labute approximate surface area is 88.1 Å². The van der Waals surface area contributed by atoms with Gasteiger partial charge in [-0.25, -0.2) is 9.97 Å². The van der Waals surface area contributed by atoms with E-state index < -0.39 is 0 Å². The van der Waals surface area contributed by atoms with Crippen LogP contribution in [0.15, 0.2) is 30.7 Å². The number of ether oxygens (including phenoxy) is 1. The van der Waals surface area contributed by atoms with Crippen LogP contribution < -0.4 is 4.74 Å². The Balaban J connectivity index is 2.01. The van der Waals surface area contributed by atoms with Gasteiger partial charge in [0.2, 0.25) is 0 Å². The lowest BCUT2D eigenvalue weighted by molar-refractivity contribution is 0.122. The zero-order chi connectivity index (χ0) is 10.1. The number of benzene rings is 1. The van der Waals surface area contributed by atoms with Crippen molar-refractivity contribution < 1.29 is 4.74 Å². The van der Waals surface area contributed by atoms with Crippen LogP contribution in [-0.2, 0) is 0 Å². The SMILES string of the molecule is c1cc(OC2CCC2)c2ncncc2c1. The molecule has 3 rings (SSSR count). The lowest BCUT2D eigenvalue weighted by Gasteiger charge is -2.26. The summed E-state index contributed by atoms with van der Waals surface area (Å²) in [6.07, 6.45) is 7.39. The van der Waals surface area contributed by atoms with Crippen LogP contribution in [0.3, 0.4) is 0 Å². The second kappa shape index (κ2) is 3.50. The van der Waals surface area contributed by atoms with Crippen molar-refractivity contribution in [1.29, 1.82) is 0 Å². The van der Waals surface area contributed by atoms with E-state index in [0.29, 0.717) is 6.10 Å². The summed E-state index contributed by atoms with van der Waals surface area (Å²) in [6, 6.07) is 5.97. The fraction of sp³-hybridized carbons (Fsp3) is 0.333. The van der Waals surface area contributed by atoms with Gasteiger partial charge in [-0.3, -0.25) is 0 Å². The molecule has 1 aliphatic rings. The van der Waals surface area contributed by atoms with Gasteiger partial charge in [0.1, 0.15) is 17.6 Å². The van der Waals surface area contributed by atoms with Crippen molar-refractivity contribution in [2.45, 2.75) is 25.4 Å². The van der Waals surface area contributed by atoms with Crippen molar-refractivity contribution in [3.8, 4) is 5.75 Å². The lowest BCUT2D eigenvalue weighted by Crippen LogP contribution is -2.24. The van der Waals surface area contributed by atoms with E-state index in [0.717, 1.165) is 16.7 Å². The van der Waals surface area contributed by atoms with Crippen molar-refractivity contribution in [3.05, 3.63) is 30.7 Å². The van der Waals surface area contributed by atoms with E-state index in [-0.39, 0.29) is 0 Å². The third-order valence-corrected chi connectivity index (χ3v) is 2.84. The van der Waals surface area contributed by atoms with Gasteiger partial charge in [0.15, 0.2) is 0 Å². The predicted molar refractivity (Wildman–Crippen MR) is 57.8 cm³/mol. The van der Waals surface area contributed by atoms with E-state index in [4.69, 9.17) is 4.74 Å². The van der Waals surface area contributed by atoms with Gasteiger partial charge in [-0.2, -0.15) is 0 Å². The summed E-state index contributed by atoms with van der Waals surface area (Å²) in [7, 11) is 0. The van der Waals surface area contributed by atoms with Crippen LogP contribution in [-0.4, -0.2) is 16.1 Å². The second-order valence-corrected chi connectivity index (χ2v) is 3.89. The van der Waals surface area contributed by atoms with E-state index in [1.807, 2.05) is 24.4 Å². The van der Waals surface area contributed by atoms with Crippen molar-refractivity contribution in [2.24, 2.45) is 0 Å². The minimum atomic E-state index is 0.394. The molecule has 0 aliphatic heterocycles. The molecule has 1 aromatic carbocycles. The molecule has 0 spiro atoms. The van der Waals surface area contributed by atoms with Gasteiger partial charge in [0.25, 0.3) is 0 Å². The van der Waals surface area contributed by atoms with Crippen molar-refractivity contribution in [3.63, 3.8) is 0 Å². The molecule has 3 heteroatoms. The van der Waals surface area contributed by atoms with E-state index in [9.17, 15) is 0 Å². The smallest absolute Gasteiger partial charge is 0.146 e. The fourth-order valence-electron chi connectivity index (χ4n) is 1.75. The van der Waals surface area contributed by atoms with E-state index in [1.54, 1.807) is 6.33 Å². The molecule has 2 aromatic rings. The fourth-order valence-corrected chi connectivity index (χ4v) is 1.75. The highest BCUT2D eigenvalue weighted by Crippen LogP contribution is 2.29. The van der Waals surface area contributed by atoms with E-state index >= 15 is 0 Å². The van der Waals surface area contributed by atoms with Crippen LogP contribution in [0.2, 0.25) is 0 Å². The maximum Gasteiger partial charge on any atom is 0.146 e. The van der Waals surface area contributed by atoms with Gasteiger partial charge in [0, 0.05) is 11.6 Å². The molecular formula is C12H12N2O. The molecule has 1 heterocycles. The third-order valence-electron chi connectivity index (χ3n) is 2.84. The zero-order valence-electron chi connectivity index (χ0n) is 8.39. The van der Waals surface area contributed by atoms with Crippen molar-refractivity contribution in [1.82, 2.24) is 9.97 Å². The summed E-state index contributed by atoms with van der Waals surface area (Å²) in [5.74, 6) is 0.889. The molecule has 15 heavy (non-hydrogen) atoms. The molecule has 1 saturated carbocycles. The number of hydrogen-bond donors (Lipinski definition) is 0. The quantitative estimate of drug-likeness (QED) is 0.747. The maximum absolute atomic E-state index is 5.87. The Morgan fingerprint density at radius 2 is 2.20 bits per heavy atom. The zero-order valence-corrected chi connectivity index (χ0v) is 8.39. The molecule has 0 atom stereocenters. The van der Waals surface area contributed by atoms with Crippen LogP contribution in [0, 0.1) is 0 Å². The van der Waals surface area contributed by atoms with Gasteiger partial charge in [-0.15, -0.1) is 0 Å². The number of fused-ring (bicyclic) bond motifs is 1. The number of hydrogen-bond acceptors (Lipinski definition) is 3. The minimum absolute atomic E-state index is 0.394. The molecule has 3 nitrogen and oxygen atoms in total. The highest BCUT2D eigenvalue weighted by Gasteiger charge is 2.19. The Morgan fingerprint density at radius 1 is 1.27 bits per heavy atom. The average Bonchev–Trinajstić information content (AvgIpc) is 2.23. The van der Waals surface area contributed by atoms with Gasteiger partial charge < -0.3 is 4.74 Å². The number of nitrogens with zero attached hydrogens (tertiary/aromatic N) is 2. The molecule has 1 fully saturated rings. The monoisotopic (exact) mass is 200 g/mol. The van der Waals surface area contributed by atoms with Gasteiger partial charge in [0.05, 0.1) is 6.10 Å². The second-order valence-electron chi connectivity index (χ2n) is 3.89. The average molecular weight is 200 g/mol. The van der Waals surface area contributed by atoms with Gasteiger partial charge in [-0.1, -0.05) is 12.1 Å². The summed E-state index contributed by atoms with van der Waals surface area (Å²) >= 11 is 0. The largest absolute Gasteiger partial charge is 0.488 e. The first-order valence-corrected chi connectivity index (χ1v) is 5.29.